The van der Waals surface area contributed by atoms with Crippen LogP contribution in [0.4, 0.5) is 0 Å². The number of hydrogen-bond donors (Lipinski definition) is 1. The summed E-state index contributed by atoms with van der Waals surface area (Å²) >= 11 is 0. The topological polar surface area (TPSA) is 125 Å². The van der Waals surface area contributed by atoms with Gasteiger partial charge in [-0.25, -0.2) is 4.79 Å². The van der Waals surface area contributed by atoms with Gasteiger partial charge in [-0.15, -0.1) is 0 Å². The molecular formula is C30H50O9. The van der Waals surface area contributed by atoms with Gasteiger partial charge >= 0.3 is 23.9 Å². The highest BCUT2D eigenvalue weighted by Crippen LogP contribution is 2.27. The molecule has 0 spiro atoms. The third-order valence-corrected chi connectivity index (χ3v) is 6.62. The lowest BCUT2D eigenvalue weighted by molar-refractivity contribution is -0.171. The van der Waals surface area contributed by atoms with E-state index in [0.29, 0.717) is 19.3 Å². The Kier molecular flexibility index (Phi) is 18.8. The second-order valence-corrected chi connectivity index (χ2v) is 10.2. The van der Waals surface area contributed by atoms with Gasteiger partial charge in [0.2, 0.25) is 6.10 Å². The zero-order valence-corrected chi connectivity index (χ0v) is 24.3. The first-order chi connectivity index (χ1) is 18.8. The fraction of sp³-hybridized carbons (Fsp3) is 0.800. The Hall–Kier alpha value is -2.58. The second-order valence-electron chi connectivity index (χ2n) is 10.2. The predicted molar refractivity (Wildman–Crippen MR) is 147 cm³/mol. The van der Waals surface area contributed by atoms with Gasteiger partial charge in [-0.1, -0.05) is 97.8 Å². The Morgan fingerprint density at radius 1 is 0.718 bits per heavy atom. The lowest BCUT2D eigenvalue weighted by Crippen LogP contribution is -2.38. The molecule has 0 aromatic rings. The molecule has 0 aromatic carbocycles. The summed E-state index contributed by atoms with van der Waals surface area (Å²) in [7, 11) is 0. The molecule has 0 amide bonds. The van der Waals surface area contributed by atoms with Crippen molar-refractivity contribution >= 4 is 23.9 Å². The number of aliphatic hydroxyl groups excluding tert-OH is 1. The van der Waals surface area contributed by atoms with Crippen LogP contribution in [0.5, 0.6) is 0 Å². The SMILES string of the molecule is CCCCCCCC(=O)OC[C@H](OC(=O)CCCCCCC)[C@H]1OC(=O)C(OC(=O)CCCCCCC)=C1O. The summed E-state index contributed by atoms with van der Waals surface area (Å²) in [4.78, 5) is 49.4. The van der Waals surface area contributed by atoms with Crippen LogP contribution in [-0.4, -0.2) is 47.8 Å². The Morgan fingerprint density at radius 3 is 1.69 bits per heavy atom. The minimum atomic E-state index is -1.42. The molecule has 0 unspecified atom stereocenters. The van der Waals surface area contributed by atoms with E-state index in [1.54, 1.807) is 0 Å². The van der Waals surface area contributed by atoms with Gasteiger partial charge in [-0.3, -0.25) is 14.4 Å². The number of esters is 4. The molecule has 9 heteroatoms. The standard InChI is InChI=1S/C30H50O9/c1-4-7-10-13-16-19-24(31)36-22-23(37-25(32)20-17-14-11-8-5-2)28-27(34)29(30(35)39-28)38-26(33)21-18-15-12-9-6-3/h23,28,34H,4-22H2,1-3H3/t23-,28+/m0/s1. The van der Waals surface area contributed by atoms with E-state index in [2.05, 4.69) is 20.8 Å². The van der Waals surface area contributed by atoms with Crippen molar-refractivity contribution in [2.45, 2.75) is 149 Å². The molecule has 1 rings (SSSR count). The van der Waals surface area contributed by atoms with Crippen molar-refractivity contribution in [2.24, 2.45) is 0 Å². The first kappa shape index (κ1) is 34.4. The molecule has 0 fully saturated rings. The van der Waals surface area contributed by atoms with Crippen LogP contribution in [0.1, 0.15) is 136 Å². The highest BCUT2D eigenvalue weighted by atomic mass is 16.6. The summed E-state index contributed by atoms with van der Waals surface area (Å²) in [6.45, 7) is 5.92. The Balaban J connectivity index is 2.76. The van der Waals surface area contributed by atoms with Gasteiger partial charge < -0.3 is 24.1 Å². The van der Waals surface area contributed by atoms with Crippen LogP contribution in [-0.2, 0) is 38.1 Å². The third kappa shape index (κ3) is 15.0. The molecule has 224 valence electrons. The molecule has 2 atom stereocenters. The van der Waals surface area contributed by atoms with E-state index in [0.717, 1.165) is 77.0 Å². The van der Waals surface area contributed by atoms with Crippen LogP contribution in [0.3, 0.4) is 0 Å². The first-order valence-corrected chi connectivity index (χ1v) is 15.0. The maximum atomic E-state index is 12.5. The molecule has 0 bridgehead atoms. The molecule has 0 aliphatic carbocycles. The summed E-state index contributed by atoms with van der Waals surface area (Å²) < 4.78 is 21.1. The van der Waals surface area contributed by atoms with E-state index in [-0.39, 0.29) is 19.3 Å². The van der Waals surface area contributed by atoms with Crippen LogP contribution < -0.4 is 0 Å². The molecule has 0 saturated carbocycles. The molecule has 1 heterocycles. The summed E-state index contributed by atoms with van der Waals surface area (Å²) in [5, 5.41) is 10.7. The van der Waals surface area contributed by atoms with E-state index < -0.39 is 54.2 Å². The van der Waals surface area contributed by atoms with Gasteiger partial charge in [0.1, 0.15) is 6.61 Å². The van der Waals surface area contributed by atoms with Crippen molar-refractivity contribution < 1.29 is 43.2 Å². The average molecular weight is 555 g/mol. The van der Waals surface area contributed by atoms with Gasteiger partial charge in [0, 0.05) is 19.3 Å². The largest absolute Gasteiger partial charge is 0.505 e. The second kappa shape index (κ2) is 21.3. The summed E-state index contributed by atoms with van der Waals surface area (Å²) in [6.07, 6.45) is 12.0. The van der Waals surface area contributed by atoms with Crippen LogP contribution in [0.2, 0.25) is 0 Å². The molecule has 1 aliphatic heterocycles. The normalized spacial score (nSPS) is 15.7. The van der Waals surface area contributed by atoms with E-state index >= 15 is 0 Å². The molecule has 0 saturated heterocycles. The minimum absolute atomic E-state index is 0.102. The number of ether oxygens (including phenoxy) is 4. The van der Waals surface area contributed by atoms with Gasteiger partial charge in [0.25, 0.3) is 5.76 Å². The number of cyclic esters (lactones) is 1. The molecule has 9 nitrogen and oxygen atoms in total. The van der Waals surface area contributed by atoms with Crippen LogP contribution >= 0.6 is 0 Å². The van der Waals surface area contributed by atoms with Crippen molar-refractivity contribution in [1.82, 2.24) is 0 Å². The van der Waals surface area contributed by atoms with Crippen molar-refractivity contribution in [3.05, 3.63) is 11.5 Å². The fourth-order valence-electron chi connectivity index (χ4n) is 4.25. The van der Waals surface area contributed by atoms with Crippen LogP contribution in [0.15, 0.2) is 11.5 Å². The smallest absolute Gasteiger partial charge is 0.379 e. The molecule has 0 aromatic heterocycles. The van der Waals surface area contributed by atoms with Gasteiger partial charge in [-0.05, 0) is 19.3 Å². The molecule has 39 heavy (non-hydrogen) atoms. The molecule has 1 aliphatic rings. The van der Waals surface area contributed by atoms with Crippen LogP contribution in [0.25, 0.3) is 0 Å². The highest BCUT2D eigenvalue weighted by Gasteiger charge is 2.44. The predicted octanol–water partition coefficient (Wildman–Crippen LogP) is 6.76. The molecule has 1 N–H and O–H groups in total. The average Bonchev–Trinajstić information content (AvgIpc) is 3.18. The number of carbonyl (C=O) groups excluding carboxylic acids is 4. The van der Waals surface area contributed by atoms with Gasteiger partial charge in [0.05, 0.1) is 0 Å². The van der Waals surface area contributed by atoms with Gasteiger partial charge in [0.15, 0.2) is 11.9 Å². The molecular weight excluding hydrogens is 504 g/mol. The Bertz CT molecular complexity index is 774. The minimum Gasteiger partial charge on any atom is -0.505 e. The maximum Gasteiger partial charge on any atom is 0.379 e. The number of carbonyl (C=O) groups is 4. The van der Waals surface area contributed by atoms with Gasteiger partial charge in [-0.2, -0.15) is 0 Å². The Labute approximate surface area is 234 Å². The number of aliphatic hydroxyl groups is 1. The number of unbranched alkanes of at least 4 members (excludes halogenated alkanes) is 12. The summed E-state index contributed by atoms with van der Waals surface area (Å²) in [5.74, 6) is -3.94. The van der Waals surface area contributed by atoms with E-state index in [1.807, 2.05) is 0 Å². The number of rotatable bonds is 23. The zero-order valence-electron chi connectivity index (χ0n) is 24.3. The van der Waals surface area contributed by atoms with Crippen molar-refractivity contribution in [3.63, 3.8) is 0 Å². The number of hydrogen-bond acceptors (Lipinski definition) is 9. The fourth-order valence-corrected chi connectivity index (χ4v) is 4.25. The van der Waals surface area contributed by atoms with Crippen molar-refractivity contribution in [3.8, 4) is 0 Å². The quantitative estimate of drug-likeness (QED) is 0.0828. The highest BCUT2D eigenvalue weighted by molar-refractivity contribution is 5.92. The third-order valence-electron chi connectivity index (χ3n) is 6.62. The zero-order chi connectivity index (χ0) is 28.9. The van der Waals surface area contributed by atoms with E-state index in [1.165, 1.54) is 0 Å². The van der Waals surface area contributed by atoms with Crippen molar-refractivity contribution in [2.75, 3.05) is 6.61 Å². The van der Waals surface area contributed by atoms with E-state index in [9.17, 15) is 24.3 Å². The summed E-state index contributed by atoms with van der Waals surface area (Å²) in [5.41, 5.74) is 0. The first-order valence-electron chi connectivity index (χ1n) is 15.0. The summed E-state index contributed by atoms with van der Waals surface area (Å²) in [6, 6.07) is 0. The lowest BCUT2D eigenvalue weighted by atomic mass is 10.1. The molecule has 0 radical (unpaired) electrons. The van der Waals surface area contributed by atoms with E-state index in [4.69, 9.17) is 18.9 Å². The maximum absolute atomic E-state index is 12.5. The monoisotopic (exact) mass is 554 g/mol. The Morgan fingerprint density at radius 2 is 1.18 bits per heavy atom. The van der Waals surface area contributed by atoms with Crippen molar-refractivity contribution in [1.29, 1.82) is 0 Å². The lowest BCUT2D eigenvalue weighted by Gasteiger charge is -2.22. The van der Waals surface area contributed by atoms with Crippen LogP contribution in [0, 0.1) is 0 Å².